The number of halogens is 1. The summed E-state index contributed by atoms with van der Waals surface area (Å²) in [5.41, 5.74) is 2.66. The van der Waals surface area contributed by atoms with Gasteiger partial charge in [0.15, 0.2) is 0 Å². The van der Waals surface area contributed by atoms with Crippen LogP contribution in [0.5, 0.6) is 0 Å². The molecular weight excluding hydrogens is 415 g/mol. The molecule has 0 aliphatic heterocycles. The summed E-state index contributed by atoms with van der Waals surface area (Å²) in [6, 6.07) is 5.61. The van der Waals surface area contributed by atoms with Gasteiger partial charge < -0.3 is 9.72 Å². The highest BCUT2D eigenvalue weighted by Gasteiger charge is 2.36. The number of carbonyl (C=O) groups excluding carboxylic acids is 1. The number of benzene rings is 1. The second-order valence-corrected chi connectivity index (χ2v) is 7.75. The van der Waals surface area contributed by atoms with Gasteiger partial charge in [0.05, 0.1) is 23.2 Å². The van der Waals surface area contributed by atoms with Gasteiger partial charge in [-0.1, -0.05) is 41.9 Å². The fourth-order valence-electron chi connectivity index (χ4n) is 3.84. The number of hydrogen-bond acceptors (Lipinski definition) is 3. The largest absolute Gasteiger partial charge is 0.462 e. The molecule has 1 saturated carbocycles. The summed E-state index contributed by atoms with van der Waals surface area (Å²) >= 11 is 2.46. The first-order chi connectivity index (χ1) is 11.7. The average molecular weight is 440 g/mol. The van der Waals surface area contributed by atoms with Crippen molar-refractivity contribution in [1.82, 2.24) is 9.97 Å². The van der Waals surface area contributed by atoms with Gasteiger partial charge in [-0.3, -0.25) is 0 Å². The predicted molar refractivity (Wildman–Crippen MR) is 105 cm³/mol. The van der Waals surface area contributed by atoms with Crippen molar-refractivity contribution in [1.29, 1.82) is 0 Å². The van der Waals surface area contributed by atoms with Crippen molar-refractivity contribution < 1.29 is 9.53 Å². The zero-order valence-electron chi connectivity index (χ0n) is 14.2. The SMILES string of the molecule is CCOC(=O)c1ccc2nc(C3(CCCI)CCCCC3)[nH]c2c1. The number of alkyl halides is 1. The molecule has 0 radical (unpaired) electrons. The Morgan fingerprint density at radius 2 is 2.12 bits per heavy atom. The van der Waals surface area contributed by atoms with Gasteiger partial charge in [0.2, 0.25) is 0 Å². The molecule has 4 nitrogen and oxygen atoms in total. The first-order valence-electron chi connectivity index (χ1n) is 8.92. The Morgan fingerprint density at radius 1 is 1.33 bits per heavy atom. The topological polar surface area (TPSA) is 55.0 Å². The quantitative estimate of drug-likeness (QED) is 0.384. The molecule has 0 spiro atoms. The molecule has 0 amide bonds. The Hall–Kier alpha value is -1.11. The number of imidazole rings is 1. The lowest BCUT2D eigenvalue weighted by atomic mass is 9.70. The molecule has 0 bridgehead atoms. The van der Waals surface area contributed by atoms with E-state index in [0.717, 1.165) is 16.9 Å². The minimum atomic E-state index is -0.271. The highest BCUT2D eigenvalue weighted by atomic mass is 127. The number of fused-ring (bicyclic) bond motifs is 1. The van der Waals surface area contributed by atoms with Crippen molar-refractivity contribution in [2.24, 2.45) is 0 Å². The third-order valence-corrected chi connectivity index (χ3v) is 5.86. The van der Waals surface area contributed by atoms with Crippen LogP contribution >= 0.6 is 22.6 Å². The molecule has 130 valence electrons. The minimum absolute atomic E-state index is 0.187. The smallest absolute Gasteiger partial charge is 0.338 e. The number of H-pyrrole nitrogens is 1. The van der Waals surface area contributed by atoms with Crippen LogP contribution in [0.4, 0.5) is 0 Å². The van der Waals surface area contributed by atoms with Gasteiger partial charge in [0.1, 0.15) is 5.82 Å². The van der Waals surface area contributed by atoms with Crippen molar-refractivity contribution in [2.75, 3.05) is 11.0 Å². The molecule has 1 aliphatic carbocycles. The molecule has 0 unspecified atom stereocenters. The van der Waals surface area contributed by atoms with E-state index >= 15 is 0 Å². The first kappa shape index (κ1) is 17.7. The van der Waals surface area contributed by atoms with E-state index < -0.39 is 0 Å². The van der Waals surface area contributed by atoms with Crippen LogP contribution in [-0.4, -0.2) is 27.0 Å². The van der Waals surface area contributed by atoms with Gasteiger partial charge >= 0.3 is 5.97 Å². The van der Waals surface area contributed by atoms with Crippen LogP contribution in [-0.2, 0) is 10.2 Å². The molecule has 1 aromatic heterocycles. The Labute approximate surface area is 156 Å². The molecule has 1 fully saturated rings. The lowest BCUT2D eigenvalue weighted by Gasteiger charge is -2.35. The van der Waals surface area contributed by atoms with Crippen LogP contribution in [0, 0.1) is 0 Å². The van der Waals surface area contributed by atoms with E-state index in [4.69, 9.17) is 9.72 Å². The number of ether oxygens (including phenoxy) is 1. The van der Waals surface area contributed by atoms with Crippen LogP contribution in [0.2, 0.25) is 0 Å². The molecule has 1 aromatic carbocycles. The Kier molecular flexibility index (Phi) is 5.79. The number of carbonyl (C=O) groups is 1. The van der Waals surface area contributed by atoms with Crippen LogP contribution in [0.1, 0.15) is 68.1 Å². The summed E-state index contributed by atoms with van der Waals surface area (Å²) in [5.74, 6) is 0.843. The molecule has 0 atom stereocenters. The number of rotatable bonds is 6. The molecule has 1 aliphatic rings. The van der Waals surface area contributed by atoms with Gasteiger partial charge in [-0.15, -0.1) is 0 Å². The number of nitrogens with zero attached hydrogens (tertiary/aromatic N) is 1. The maximum atomic E-state index is 11.9. The standard InChI is InChI=1S/C19H25IN2O2/c1-2-24-17(23)14-7-8-15-16(13-14)22-18(21-15)19(11-6-12-20)9-4-3-5-10-19/h7-8,13H,2-6,9-12H2,1H3,(H,21,22). The predicted octanol–water partition coefficient (Wildman–Crippen LogP) is 5.16. The van der Waals surface area contributed by atoms with E-state index in [-0.39, 0.29) is 11.4 Å². The number of aromatic amines is 1. The Morgan fingerprint density at radius 3 is 2.83 bits per heavy atom. The fraction of sp³-hybridized carbons (Fsp3) is 0.579. The minimum Gasteiger partial charge on any atom is -0.462 e. The van der Waals surface area contributed by atoms with Crippen LogP contribution in [0.15, 0.2) is 18.2 Å². The van der Waals surface area contributed by atoms with Crippen LogP contribution in [0.3, 0.4) is 0 Å². The summed E-state index contributed by atoms with van der Waals surface area (Å²) in [6.45, 7) is 2.22. The second-order valence-electron chi connectivity index (χ2n) is 6.67. The summed E-state index contributed by atoms with van der Waals surface area (Å²) in [4.78, 5) is 20.4. The normalized spacial score (nSPS) is 17.1. The summed E-state index contributed by atoms with van der Waals surface area (Å²) in [6.07, 6.45) is 8.76. The molecule has 5 heteroatoms. The maximum absolute atomic E-state index is 11.9. The fourth-order valence-corrected chi connectivity index (χ4v) is 4.22. The van der Waals surface area contributed by atoms with E-state index in [0.29, 0.717) is 12.2 Å². The number of aromatic nitrogens is 2. The lowest BCUT2D eigenvalue weighted by Crippen LogP contribution is -2.30. The highest BCUT2D eigenvalue weighted by Crippen LogP contribution is 2.42. The van der Waals surface area contributed by atoms with Crippen LogP contribution < -0.4 is 0 Å². The number of hydrogen-bond donors (Lipinski definition) is 1. The third-order valence-electron chi connectivity index (χ3n) is 5.09. The van der Waals surface area contributed by atoms with E-state index in [9.17, 15) is 4.79 Å². The highest BCUT2D eigenvalue weighted by molar-refractivity contribution is 14.1. The van der Waals surface area contributed by atoms with Crippen molar-refractivity contribution in [2.45, 2.75) is 57.3 Å². The zero-order valence-corrected chi connectivity index (χ0v) is 16.4. The summed E-state index contributed by atoms with van der Waals surface area (Å²) in [7, 11) is 0. The van der Waals surface area contributed by atoms with E-state index in [1.54, 1.807) is 0 Å². The van der Waals surface area contributed by atoms with E-state index in [2.05, 4.69) is 27.6 Å². The molecule has 0 saturated heterocycles. The number of esters is 1. The van der Waals surface area contributed by atoms with Crippen molar-refractivity contribution in [3.8, 4) is 0 Å². The monoisotopic (exact) mass is 440 g/mol. The maximum Gasteiger partial charge on any atom is 0.338 e. The van der Waals surface area contributed by atoms with Gasteiger partial charge in [0.25, 0.3) is 0 Å². The molecule has 3 rings (SSSR count). The summed E-state index contributed by atoms with van der Waals surface area (Å²) in [5, 5.41) is 0. The van der Waals surface area contributed by atoms with Crippen molar-refractivity contribution in [3.63, 3.8) is 0 Å². The van der Waals surface area contributed by atoms with E-state index in [1.807, 2.05) is 25.1 Å². The van der Waals surface area contributed by atoms with Gasteiger partial charge in [-0.05, 0) is 55.2 Å². The molecule has 1 N–H and O–H groups in total. The van der Waals surface area contributed by atoms with Gasteiger partial charge in [0, 0.05) is 5.41 Å². The number of nitrogens with one attached hydrogen (secondary N) is 1. The molecule has 1 heterocycles. The van der Waals surface area contributed by atoms with Gasteiger partial charge in [-0.25, -0.2) is 9.78 Å². The Balaban J connectivity index is 1.94. The second kappa shape index (κ2) is 7.85. The average Bonchev–Trinajstić information content (AvgIpc) is 3.05. The van der Waals surface area contributed by atoms with Crippen molar-refractivity contribution >= 4 is 39.6 Å². The van der Waals surface area contributed by atoms with Crippen LogP contribution in [0.25, 0.3) is 11.0 Å². The van der Waals surface area contributed by atoms with E-state index in [1.165, 1.54) is 49.4 Å². The van der Waals surface area contributed by atoms with Crippen molar-refractivity contribution in [3.05, 3.63) is 29.6 Å². The summed E-state index contributed by atoms with van der Waals surface area (Å²) < 4.78 is 6.29. The molecule has 2 aromatic rings. The first-order valence-corrected chi connectivity index (χ1v) is 10.4. The molecule has 24 heavy (non-hydrogen) atoms. The van der Waals surface area contributed by atoms with Gasteiger partial charge in [-0.2, -0.15) is 0 Å². The zero-order chi connectivity index (χ0) is 17.0. The molecular formula is C19H25IN2O2. The Bertz CT molecular complexity index is 704. The third kappa shape index (κ3) is 3.60. The lowest BCUT2D eigenvalue weighted by molar-refractivity contribution is 0.0526.